The molecule has 4 saturated carbocycles. The second kappa shape index (κ2) is 5.34. The Morgan fingerprint density at radius 1 is 0.548 bits per heavy atom. The number of rotatable bonds is 0. The zero-order valence-electron chi connectivity index (χ0n) is 18.6. The van der Waals surface area contributed by atoms with Crippen molar-refractivity contribution in [3.8, 4) is 22.3 Å². The van der Waals surface area contributed by atoms with Crippen LogP contribution in [0.4, 0.5) is 0 Å². The third kappa shape index (κ3) is 1.80. The van der Waals surface area contributed by atoms with Crippen LogP contribution in [0, 0.1) is 23.7 Å². The summed E-state index contributed by atoms with van der Waals surface area (Å²) in [4.78, 5) is 0. The van der Waals surface area contributed by atoms with Crippen molar-refractivity contribution in [1.82, 2.24) is 0 Å². The van der Waals surface area contributed by atoms with Crippen molar-refractivity contribution >= 4 is 0 Å². The number of benzene rings is 3. The molecular formula is C31H30. The highest BCUT2D eigenvalue weighted by Crippen LogP contribution is 2.71. The second-order valence-electron chi connectivity index (χ2n) is 11.8. The average Bonchev–Trinajstić information content (AvgIpc) is 3.19. The molecule has 0 saturated heterocycles. The molecule has 0 unspecified atom stereocenters. The first-order valence-electron chi connectivity index (χ1n) is 12.5. The van der Waals surface area contributed by atoms with Gasteiger partial charge in [-0.25, -0.2) is 0 Å². The molecular weight excluding hydrogens is 372 g/mol. The van der Waals surface area contributed by atoms with Crippen molar-refractivity contribution in [2.75, 3.05) is 0 Å². The first-order chi connectivity index (χ1) is 15.1. The maximum atomic E-state index is 2.51. The van der Waals surface area contributed by atoms with Gasteiger partial charge in [0, 0.05) is 10.8 Å². The maximum Gasteiger partial charge on any atom is 0.0275 e. The van der Waals surface area contributed by atoms with Crippen molar-refractivity contribution in [2.24, 2.45) is 23.7 Å². The minimum absolute atomic E-state index is 0.0704. The topological polar surface area (TPSA) is 0 Å². The predicted octanol–water partition coefficient (Wildman–Crippen LogP) is 7.72. The quantitative estimate of drug-likeness (QED) is 0.361. The van der Waals surface area contributed by atoms with Gasteiger partial charge in [-0.2, -0.15) is 0 Å². The van der Waals surface area contributed by atoms with E-state index in [0.29, 0.717) is 0 Å². The smallest absolute Gasteiger partial charge is 0.0275 e. The Balaban J connectivity index is 1.51. The van der Waals surface area contributed by atoms with Crippen molar-refractivity contribution < 1.29 is 0 Å². The van der Waals surface area contributed by atoms with E-state index >= 15 is 0 Å². The van der Waals surface area contributed by atoms with E-state index in [1.807, 2.05) is 0 Å². The van der Waals surface area contributed by atoms with Crippen LogP contribution in [0.15, 0.2) is 60.7 Å². The van der Waals surface area contributed by atoms with E-state index in [1.165, 1.54) is 48.8 Å². The highest BCUT2D eigenvalue weighted by molar-refractivity contribution is 5.91. The molecule has 6 aliphatic carbocycles. The molecule has 0 nitrogen and oxygen atoms in total. The summed E-state index contributed by atoms with van der Waals surface area (Å²) in [6.07, 6.45) is 7.34. The van der Waals surface area contributed by atoms with Gasteiger partial charge < -0.3 is 0 Å². The van der Waals surface area contributed by atoms with Gasteiger partial charge in [-0.05, 0) is 100 Å². The van der Waals surface area contributed by atoms with Gasteiger partial charge in [0.05, 0.1) is 0 Å². The molecule has 0 N–H and O–H groups in total. The highest BCUT2D eigenvalue weighted by atomic mass is 14.7. The van der Waals surface area contributed by atoms with Gasteiger partial charge >= 0.3 is 0 Å². The standard InChI is InChI=1S/C31H30/c1-30(2)26-9-5-3-7-22(26)24-11-12-25-23-8-4-6-10-27(23)31(29(25)28(24)30)20-14-18-13-19(16-20)17-21(31)15-18/h3-12,18-21H,13-17H2,1-2H3. The average molecular weight is 403 g/mol. The molecule has 9 rings (SSSR count). The van der Waals surface area contributed by atoms with E-state index in [4.69, 9.17) is 0 Å². The summed E-state index contributed by atoms with van der Waals surface area (Å²) in [5.74, 6) is 3.65. The molecule has 0 heteroatoms. The molecule has 4 fully saturated rings. The van der Waals surface area contributed by atoms with Crippen molar-refractivity contribution in [3.05, 3.63) is 82.9 Å². The molecule has 0 aliphatic heterocycles. The molecule has 3 aromatic carbocycles. The molecule has 0 aromatic heterocycles. The van der Waals surface area contributed by atoms with Crippen LogP contribution in [0.1, 0.15) is 68.2 Å². The summed E-state index contributed by atoms with van der Waals surface area (Å²) in [6.45, 7) is 4.98. The van der Waals surface area contributed by atoms with Gasteiger partial charge in [-0.3, -0.25) is 0 Å². The lowest BCUT2D eigenvalue weighted by molar-refractivity contribution is -0.0404. The first-order valence-corrected chi connectivity index (χ1v) is 12.5. The Kier molecular flexibility index (Phi) is 2.97. The summed E-state index contributed by atoms with van der Waals surface area (Å²) < 4.78 is 0. The van der Waals surface area contributed by atoms with E-state index in [1.54, 1.807) is 27.8 Å². The summed E-state index contributed by atoms with van der Waals surface area (Å²) >= 11 is 0. The Morgan fingerprint density at radius 2 is 1.06 bits per heavy atom. The molecule has 0 heterocycles. The van der Waals surface area contributed by atoms with E-state index in [2.05, 4.69) is 74.5 Å². The second-order valence-corrected chi connectivity index (χ2v) is 11.8. The Hall–Kier alpha value is -2.34. The molecule has 154 valence electrons. The molecule has 31 heavy (non-hydrogen) atoms. The predicted molar refractivity (Wildman–Crippen MR) is 127 cm³/mol. The minimum atomic E-state index is 0.0704. The van der Waals surface area contributed by atoms with Gasteiger partial charge in [0.2, 0.25) is 0 Å². The fraction of sp³-hybridized carbons (Fsp3) is 0.419. The molecule has 0 radical (unpaired) electrons. The molecule has 6 aliphatic rings. The van der Waals surface area contributed by atoms with Crippen molar-refractivity contribution in [2.45, 2.75) is 56.8 Å². The van der Waals surface area contributed by atoms with Crippen LogP contribution in [-0.4, -0.2) is 0 Å². The highest BCUT2D eigenvalue weighted by Gasteiger charge is 2.63. The van der Waals surface area contributed by atoms with E-state index < -0.39 is 0 Å². The van der Waals surface area contributed by atoms with Gasteiger partial charge in [0.25, 0.3) is 0 Å². The Bertz CT molecular complexity index is 1240. The monoisotopic (exact) mass is 402 g/mol. The zero-order chi connectivity index (χ0) is 20.5. The van der Waals surface area contributed by atoms with Crippen LogP contribution < -0.4 is 0 Å². The molecule has 0 amide bonds. The van der Waals surface area contributed by atoms with Gasteiger partial charge in [0.15, 0.2) is 0 Å². The van der Waals surface area contributed by atoms with Crippen molar-refractivity contribution in [3.63, 3.8) is 0 Å². The number of hydrogen-bond donors (Lipinski definition) is 0. The van der Waals surface area contributed by atoms with Gasteiger partial charge in [-0.1, -0.05) is 74.5 Å². The van der Waals surface area contributed by atoms with Gasteiger partial charge in [0.1, 0.15) is 0 Å². The molecule has 1 spiro atoms. The van der Waals surface area contributed by atoms with Crippen molar-refractivity contribution in [1.29, 1.82) is 0 Å². The molecule has 0 atom stereocenters. The van der Waals surface area contributed by atoms with Crippen LogP contribution in [-0.2, 0) is 10.8 Å². The van der Waals surface area contributed by atoms with Crippen LogP contribution >= 0.6 is 0 Å². The number of fused-ring (bicyclic) bond motifs is 7. The lowest BCUT2D eigenvalue weighted by atomic mass is 9.42. The van der Waals surface area contributed by atoms with E-state index in [0.717, 1.165) is 23.7 Å². The largest absolute Gasteiger partial charge is 0.0619 e. The molecule has 4 bridgehead atoms. The zero-order valence-corrected chi connectivity index (χ0v) is 18.6. The minimum Gasteiger partial charge on any atom is -0.0619 e. The maximum absolute atomic E-state index is 2.51. The third-order valence-corrected chi connectivity index (χ3v) is 10.2. The van der Waals surface area contributed by atoms with Crippen LogP contribution in [0.2, 0.25) is 0 Å². The first kappa shape index (κ1) is 17.2. The summed E-state index contributed by atoms with van der Waals surface area (Å²) in [5, 5.41) is 0. The van der Waals surface area contributed by atoms with E-state index in [9.17, 15) is 0 Å². The fourth-order valence-electron chi connectivity index (χ4n) is 9.52. The fourth-order valence-corrected chi connectivity index (χ4v) is 9.52. The van der Waals surface area contributed by atoms with E-state index in [-0.39, 0.29) is 10.8 Å². The van der Waals surface area contributed by atoms with Gasteiger partial charge in [-0.15, -0.1) is 0 Å². The van der Waals surface area contributed by atoms with Crippen LogP contribution in [0.5, 0.6) is 0 Å². The Morgan fingerprint density at radius 3 is 1.71 bits per heavy atom. The molecule has 3 aromatic rings. The lowest BCUT2D eigenvalue weighted by Crippen LogP contribution is -2.55. The number of hydrogen-bond acceptors (Lipinski definition) is 0. The lowest BCUT2D eigenvalue weighted by Gasteiger charge is -2.61. The normalized spacial score (nSPS) is 34.5. The summed E-state index contributed by atoms with van der Waals surface area (Å²) in [7, 11) is 0. The summed E-state index contributed by atoms with van der Waals surface area (Å²) in [5.41, 5.74) is 13.0. The third-order valence-electron chi connectivity index (χ3n) is 10.2. The Labute approximate surface area is 185 Å². The van der Waals surface area contributed by atoms with Crippen LogP contribution in [0.25, 0.3) is 22.3 Å². The van der Waals surface area contributed by atoms with Crippen LogP contribution in [0.3, 0.4) is 0 Å². The SMILES string of the molecule is CC1(C)c2ccccc2-c2ccc3c(c21)C1(c2ccccc2-3)C2CC3CC(C2)CC1C3. The summed E-state index contributed by atoms with van der Waals surface area (Å²) in [6, 6.07) is 23.7.